The Labute approximate surface area is 79.5 Å². The van der Waals surface area contributed by atoms with Crippen molar-refractivity contribution >= 4 is 0 Å². The van der Waals surface area contributed by atoms with Crippen LogP contribution >= 0.6 is 0 Å². The molecule has 0 amide bonds. The van der Waals surface area contributed by atoms with E-state index in [-0.39, 0.29) is 6.42 Å². The van der Waals surface area contributed by atoms with Crippen LogP contribution in [0.1, 0.15) is 18.1 Å². The van der Waals surface area contributed by atoms with E-state index in [0.717, 1.165) is 6.07 Å². The highest BCUT2D eigenvalue weighted by atomic mass is 19.2. The van der Waals surface area contributed by atoms with Crippen LogP contribution in [0.5, 0.6) is 0 Å². The number of benzene rings is 1. The van der Waals surface area contributed by atoms with Gasteiger partial charge in [0.05, 0.1) is 11.7 Å². The van der Waals surface area contributed by atoms with E-state index >= 15 is 0 Å². The summed E-state index contributed by atoms with van der Waals surface area (Å²) in [6.45, 7) is 3.31. The quantitative estimate of drug-likeness (QED) is 0.590. The van der Waals surface area contributed by atoms with E-state index in [1.165, 1.54) is 6.08 Å². The average Bonchev–Trinajstić information content (AvgIpc) is 2.13. The highest BCUT2D eigenvalue weighted by molar-refractivity contribution is 5.23. The van der Waals surface area contributed by atoms with Crippen molar-refractivity contribution in [2.75, 3.05) is 0 Å². The third-order valence-electron chi connectivity index (χ3n) is 1.80. The second-order valence-corrected chi connectivity index (χ2v) is 2.80. The van der Waals surface area contributed by atoms with E-state index in [1.54, 1.807) is 0 Å². The largest absolute Gasteiger partial charge is 0.388 e. The summed E-state index contributed by atoms with van der Waals surface area (Å²) in [7, 11) is 0. The second kappa shape index (κ2) is 4.28. The lowest BCUT2D eigenvalue weighted by Crippen LogP contribution is -2.05. The Bertz CT molecular complexity index is 349. The van der Waals surface area contributed by atoms with Gasteiger partial charge in [0, 0.05) is 0 Å². The van der Waals surface area contributed by atoms with E-state index < -0.39 is 29.1 Å². The van der Waals surface area contributed by atoms with Crippen LogP contribution in [0.3, 0.4) is 0 Å². The van der Waals surface area contributed by atoms with Crippen molar-refractivity contribution in [2.45, 2.75) is 12.5 Å². The summed E-state index contributed by atoms with van der Waals surface area (Å²) >= 11 is 0. The van der Waals surface area contributed by atoms with Gasteiger partial charge < -0.3 is 5.11 Å². The van der Waals surface area contributed by atoms with Crippen molar-refractivity contribution in [1.82, 2.24) is 0 Å². The molecular formula is C10H9F3O. The highest BCUT2D eigenvalue weighted by Gasteiger charge is 2.19. The predicted molar refractivity (Wildman–Crippen MR) is 46.1 cm³/mol. The van der Waals surface area contributed by atoms with Gasteiger partial charge in [0.25, 0.3) is 0 Å². The van der Waals surface area contributed by atoms with E-state index in [2.05, 4.69) is 6.58 Å². The molecule has 0 aliphatic rings. The van der Waals surface area contributed by atoms with Gasteiger partial charge in [-0.2, -0.15) is 0 Å². The molecule has 1 atom stereocenters. The van der Waals surface area contributed by atoms with E-state index in [9.17, 15) is 18.3 Å². The van der Waals surface area contributed by atoms with Crippen molar-refractivity contribution < 1.29 is 18.3 Å². The number of aliphatic hydroxyl groups is 1. The minimum absolute atomic E-state index is 0.0305. The molecule has 0 fully saturated rings. The van der Waals surface area contributed by atoms with Gasteiger partial charge in [-0.25, -0.2) is 13.2 Å². The van der Waals surface area contributed by atoms with E-state index in [4.69, 9.17) is 0 Å². The number of rotatable bonds is 3. The van der Waals surface area contributed by atoms with E-state index in [0.29, 0.717) is 6.07 Å². The van der Waals surface area contributed by atoms with Crippen molar-refractivity contribution in [3.05, 3.63) is 47.8 Å². The Morgan fingerprint density at radius 2 is 1.86 bits per heavy atom. The first kappa shape index (κ1) is 10.8. The lowest BCUT2D eigenvalue weighted by Gasteiger charge is -2.10. The zero-order chi connectivity index (χ0) is 10.7. The molecule has 0 aliphatic heterocycles. The molecule has 1 N–H and O–H groups in total. The van der Waals surface area contributed by atoms with Gasteiger partial charge in [0.1, 0.15) is 5.82 Å². The van der Waals surface area contributed by atoms with Crippen LogP contribution in [0.15, 0.2) is 24.8 Å². The Morgan fingerprint density at radius 3 is 2.43 bits per heavy atom. The molecule has 1 aromatic carbocycles. The molecule has 1 unspecified atom stereocenters. The summed E-state index contributed by atoms with van der Waals surface area (Å²) in [6, 6.07) is 1.45. The molecule has 76 valence electrons. The second-order valence-electron chi connectivity index (χ2n) is 2.80. The third-order valence-corrected chi connectivity index (χ3v) is 1.80. The summed E-state index contributed by atoms with van der Waals surface area (Å²) in [6.07, 6.45) is -0.130. The topological polar surface area (TPSA) is 20.2 Å². The lowest BCUT2D eigenvalue weighted by atomic mass is 10.1. The molecule has 0 saturated heterocycles. The molecule has 0 spiro atoms. The van der Waals surface area contributed by atoms with Crippen LogP contribution in [0.25, 0.3) is 0 Å². The van der Waals surface area contributed by atoms with Crippen LogP contribution in [0.2, 0.25) is 0 Å². The van der Waals surface area contributed by atoms with Gasteiger partial charge >= 0.3 is 0 Å². The van der Waals surface area contributed by atoms with Crippen molar-refractivity contribution in [3.63, 3.8) is 0 Å². The molecule has 14 heavy (non-hydrogen) atoms. The van der Waals surface area contributed by atoms with Gasteiger partial charge in [-0.1, -0.05) is 6.08 Å². The van der Waals surface area contributed by atoms with Crippen LogP contribution in [0.4, 0.5) is 13.2 Å². The summed E-state index contributed by atoms with van der Waals surface area (Å²) in [5, 5.41) is 9.29. The summed E-state index contributed by atoms with van der Waals surface area (Å²) < 4.78 is 38.7. The van der Waals surface area contributed by atoms with Gasteiger partial charge in [-0.3, -0.25) is 0 Å². The minimum Gasteiger partial charge on any atom is -0.388 e. The molecule has 1 aromatic rings. The Morgan fingerprint density at radius 1 is 1.29 bits per heavy atom. The third kappa shape index (κ3) is 1.96. The van der Waals surface area contributed by atoms with Crippen LogP contribution in [-0.2, 0) is 0 Å². The van der Waals surface area contributed by atoms with Crippen molar-refractivity contribution in [3.8, 4) is 0 Å². The number of aliphatic hydroxyl groups excluding tert-OH is 1. The van der Waals surface area contributed by atoms with E-state index in [1.807, 2.05) is 0 Å². The van der Waals surface area contributed by atoms with Crippen molar-refractivity contribution in [2.24, 2.45) is 0 Å². The highest BCUT2D eigenvalue weighted by Crippen LogP contribution is 2.24. The van der Waals surface area contributed by atoms with Crippen LogP contribution in [0, 0.1) is 17.5 Å². The maximum Gasteiger partial charge on any atom is 0.167 e. The SMILES string of the molecule is C=CCC(O)c1c(F)ccc(F)c1F. The van der Waals surface area contributed by atoms with Gasteiger partial charge in [-0.05, 0) is 18.6 Å². The first-order valence-corrected chi connectivity index (χ1v) is 4.00. The maximum absolute atomic E-state index is 13.0. The molecular weight excluding hydrogens is 193 g/mol. The zero-order valence-corrected chi connectivity index (χ0v) is 7.30. The summed E-state index contributed by atoms with van der Waals surface area (Å²) in [5.41, 5.74) is -0.648. The maximum atomic E-state index is 13.0. The molecule has 0 radical (unpaired) electrons. The monoisotopic (exact) mass is 202 g/mol. The fourth-order valence-corrected chi connectivity index (χ4v) is 1.12. The normalized spacial score (nSPS) is 12.6. The molecule has 0 aromatic heterocycles. The summed E-state index contributed by atoms with van der Waals surface area (Å²) in [4.78, 5) is 0. The number of hydrogen-bond acceptors (Lipinski definition) is 1. The van der Waals surface area contributed by atoms with Crippen LogP contribution in [-0.4, -0.2) is 5.11 Å². The fraction of sp³-hybridized carbons (Fsp3) is 0.200. The van der Waals surface area contributed by atoms with Gasteiger partial charge in [0.2, 0.25) is 0 Å². The number of hydrogen-bond donors (Lipinski definition) is 1. The molecule has 0 saturated carbocycles. The predicted octanol–water partition coefficient (Wildman–Crippen LogP) is 2.71. The summed E-state index contributed by atoms with van der Waals surface area (Å²) in [5.74, 6) is -3.48. The molecule has 1 rings (SSSR count). The van der Waals surface area contributed by atoms with Gasteiger partial charge in [0.15, 0.2) is 11.6 Å². The molecule has 1 nitrogen and oxygen atoms in total. The zero-order valence-electron chi connectivity index (χ0n) is 7.30. The lowest BCUT2D eigenvalue weighted by molar-refractivity contribution is 0.170. The molecule has 0 aliphatic carbocycles. The standard InChI is InChI=1S/C10H9F3O/c1-2-3-8(14)9-6(11)4-5-7(12)10(9)13/h2,4-5,8,14H,1,3H2. The Kier molecular flexibility index (Phi) is 3.30. The first-order valence-electron chi connectivity index (χ1n) is 4.00. The Hall–Kier alpha value is -1.29. The molecule has 0 heterocycles. The minimum atomic E-state index is -1.40. The van der Waals surface area contributed by atoms with Crippen molar-refractivity contribution in [1.29, 1.82) is 0 Å². The first-order chi connectivity index (χ1) is 6.57. The molecule has 0 bridgehead atoms. The average molecular weight is 202 g/mol. The number of halogens is 3. The van der Waals surface area contributed by atoms with Gasteiger partial charge in [-0.15, -0.1) is 6.58 Å². The molecule has 4 heteroatoms. The fourth-order valence-electron chi connectivity index (χ4n) is 1.12. The smallest absolute Gasteiger partial charge is 0.167 e. The Balaban J connectivity index is 3.17. The van der Waals surface area contributed by atoms with Crippen LogP contribution < -0.4 is 0 Å².